The summed E-state index contributed by atoms with van der Waals surface area (Å²) in [6, 6.07) is 9.58. The van der Waals surface area contributed by atoms with E-state index in [1.165, 1.54) is 5.56 Å². The molecule has 0 aliphatic carbocycles. The number of hydrogen-bond donors (Lipinski definition) is 0. The number of likely N-dealkylation sites (tertiary alicyclic amines) is 1. The summed E-state index contributed by atoms with van der Waals surface area (Å²) in [4.78, 5) is 31.7. The molecule has 1 spiro atoms. The number of carbonyl (C=O) groups excluding carboxylic acids is 2. The molecule has 0 radical (unpaired) electrons. The highest BCUT2D eigenvalue weighted by Crippen LogP contribution is 2.48. The lowest BCUT2D eigenvalue weighted by atomic mass is 9.73. The minimum atomic E-state index is -0.179. The fourth-order valence-electron chi connectivity index (χ4n) is 6.84. The van der Waals surface area contributed by atoms with E-state index in [1.54, 1.807) is 6.92 Å². The van der Waals surface area contributed by atoms with Crippen LogP contribution in [-0.2, 0) is 14.9 Å². The quantitative estimate of drug-likeness (QED) is 0.627. The van der Waals surface area contributed by atoms with Gasteiger partial charge in [0.05, 0.1) is 0 Å². The minimum absolute atomic E-state index is 0.0844. The molecule has 34 heavy (non-hydrogen) atoms. The SMILES string of the molecule is CCCC#CCOC(=O)N1C2CCC1CC(N1CCC3(CC1)CN(C(C)=O)c1ccccc13)C2. The van der Waals surface area contributed by atoms with Gasteiger partial charge in [-0.05, 0) is 69.7 Å². The Balaban J connectivity index is 1.19. The monoisotopic (exact) mass is 463 g/mol. The van der Waals surface area contributed by atoms with Crippen LogP contribution in [-0.4, -0.2) is 66.2 Å². The number of anilines is 1. The molecule has 3 fully saturated rings. The molecule has 6 nitrogen and oxygen atoms in total. The van der Waals surface area contributed by atoms with Crippen LogP contribution in [0.2, 0.25) is 0 Å². The van der Waals surface area contributed by atoms with Crippen LogP contribution in [0, 0.1) is 11.8 Å². The van der Waals surface area contributed by atoms with E-state index in [0.717, 1.165) is 76.7 Å². The second-order valence-corrected chi connectivity index (χ2v) is 10.5. The third-order valence-corrected chi connectivity index (χ3v) is 8.57. The average molecular weight is 464 g/mol. The topological polar surface area (TPSA) is 53.1 Å². The first-order chi connectivity index (χ1) is 16.5. The van der Waals surface area contributed by atoms with E-state index in [-0.39, 0.29) is 36.1 Å². The lowest BCUT2D eigenvalue weighted by Crippen LogP contribution is -2.55. The van der Waals surface area contributed by atoms with E-state index in [4.69, 9.17) is 4.74 Å². The van der Waals surface area contributed by atoms with Crippen LogP contribution in [0.4, 0.5) is 10.5 Å². The number of ether oxygens (including phenoxy) is 1. The minimum Gasteiger partial charge on any atom is -0.436 e. The molecule has 4 aliphatic heterocycles. The Hall–Kier alpha value is -2.52. The van der Waals surface area contributed by atoms with Gasteiger partial charge < -0.3 is 19.4 Å². The zero-order valence-electron chi connectivity index (χ0n) is 20.6. The number of piperidine rings is 2. The van der Waals surface area contributed by atoms with Crippen molar-refractivity contribution >= 4 is 17.7 Å². The highest BCUT2D eigenvalue weighted by Gasteiger charge is 2.49. The number of amides is 2. The molecule has 2 amide bonds. The summed E-state index contributed by atoms with van der Waals surface area (Å²) in [7, 11) is 0. The number of para-hydroxylation sites is 1. The number of carbonyl (C=O) groups is 2. The fraction of sp³-hybridized carbons (Fsp3) is 0.643. The summed E-state index contributed by atoms with van der Waals surface area (Å²) in [6.07, 6.45) is 8.10. The Morgan fingerprint density at radius 3 is 2.44 bits per heavy atom. The third-order valence-electron chi connectivity index (χ3n) is 8.57. The van der Waals surface area contributed by atoms with E-state index in [9.17, 15) is 9.59 Å². The van der Waals surface area contributed by atoms with Gasteiger partial charge >= 0.3 is 6.09 Å². The second kappa shape index (κ2) is 9.62. The van der Waals surface area contributed by atoms with Crippen molar-refractivity contribution in [2.24, 2.45) is 0 Å². The zero-order valence-corrected chi connectivity index (χ0v) is 20.6. The van der Waals surface area contributed by atoms with Crippen molar-refractivity contribution in [3.63, 3.8) is 0 Å². The van der Waals surface area contributed by atoms with Crippen LogP contribution in [0.3, 0.4) is 0 Å². The Morgan fingerprint density at radius 2 is 1.76 bits per heavy atom. The summed E-state index contributed by atoms with van der Waals surface area (Å²) >= 11 is 0. The Labute approximate surface area is 203 Å². The predicted octanol–water partition coefficient (Wildman–Crippen LogP) is 4.32. The highest BCUT2D eigenvalue weighted by molar-refractivity contribution is 5.94. The molecule has 1 aromatic rings. The Kier molecular flexibility index (Phi) is 6.57. The molecule has 2 unspecified atom stereocenters. The first-order valence-corrected chi connectivity index (χ1v) is 13.0. The number of unbranched alkanes of at least 4 members (excludes halogenated alkanes) is 1. The molecule has 4 heterocycles. The number of benzene rings is 1. The van der Waals surface area contributed by atoms with Gasteiger partial charge in [-0.2, -0.15) is 0 Å². The van der Waals surface area contributed by atoms with Crippen LogP contribution < -0.4 is 4.90 Å². The second-order valence-electron chi connectivity index (χ2n) is 10.5. The molecule has 6 heteroatoms. The largest absolute Gasteiger partial charge is 0.436 e. The van der Waals surface area contributed by atoms with Crippen LogP contribution in [0.1, 0.15) is 70.8 Å². The summed E-state index contributed by atoms with van der Waals surface area (Å²) in [5, 5.41) is 0. The van der Waals surface area contributed by atoms with Gasteiger partial charge in [-0.3, -0.25) is 4.79 Å². The van der Waals surface area contributed by atoms with E-state index >= 15 is 0 Å². The number of nitrogens with zero attached hydrogens (tertiary/aromatic N) is 3. The average Bonchev–Trinajstić information content (AvgIpc) is 3.31. The van der Waals surface area contributed by atoms with Crippen molar-refractivity contribution in [3.8, 4) is 11.8 Å². The van der Waals surface area contributed by atoms with Gasteiger partial charge in [-0.1, -0.05) is 37.0 Å². The first-order valence-electron chi connectivity index (χ1n) is 13.0. The normalized spacial score (nSPS) is 27.3. The van der Waals surface area contributed by atoms with Crippen LogP contribution in [0.15, 0.2) is 24.3 Å². The van der Waals surface area contributed by atoms with Crippen molar-refractivity contribution < 1.29 is 14.3 Å². The Morgan fingerprint density at radius 1 is 1.06 bits per heavy atom. The van der Waals surface area contributed by atoms with E-state index in [0.29, 0.717) is 6.04 Å². The van der Waals surface area contributed by atoms with Crippen molar-refractivity contribution in [1.29, 1.82) is 0 Å². The molecule has 2 bridgehead atoms. The van der Waals surface area contributed by atoms with Crippen molar-refractivity contribution in [2.75, 3.05) is 31.1 Å². The van der Waals surface area contributed by atoms with E-state index in [2.05, 4.69) is 41.9 Å². The van der Waals surface area contributed by atoms with Gasteiger partial charge in [0.2, 0.25) is 5.91 Å². The summed E-state index contributed by atoms with van der Waals surface area (Å²) < 4.78 is 5.48. The molecular weight excluding hydrogens is 426 g/mol. The van der Waals surface area contributed by atoms with Crippen LogP contribution in [0.25, 0.3) is 0 Å². The summed E-state index contributed by atoms with van der Waals surface area (Å²) in [5.74, 6) is 6.14. The fourth-order valence-corrected chi connectivity index (χ4v) is 6.84. The molecule has 4 aliphatic rings. The molecule has 0 aromatic heterocycles. The van der Waals surface area contributed by atoms with E-state index < -0.39 is 0 Å². The molecule has 1 aromatic carbocycles. The van der Waals surface area contributed by atoms with E-state index in [1.807, 2.05) is 15.9 Å². The van der Waals surface area contributed by atoms with Crippen molar-refractivity contribution in [1.82, 2.24) is 9.80 Å². The van der Waals surface area contributed by atoms with Crippen molar-refractivity contribution in [2.45, 2.75) is 88.8 Å². The molecule has 3 saturated heterocycles. The van der Waals surface area contributed by atoms with Gasteiger partial charge in [-0.15, -0.1) is 0 Å². The molecular formula is C28H37N3O3. The standard InChI is InChI=1S/C28H37N3O3/c1-3-4-5-8-17-34-27(33)31-22-11-12-23(31)19-24(18-22)29-15-13-28(14-16-29)20-30(21(2)32)26-10-7-6-9-25(26)28/h6-7,9-10,22-24H,3-4,11-20H2,1-2H3. The maximum absolute atomic E-state index is 12.7. The van der Waals surface area contributed by atoms with Gasteiger partial charge in [-0.25, -0.2) is 4.79 Å². The molecule has 0 saturated carbocycles. The first kappa shape index (κ1) is 23.2. The molecule has 0 N–H and O–H groups in total. The molecule has 2 atom stereocenters. The van der Waals surface area contributed by atoms with Gasteiger partial charge in [0.15, 0.2) is 6.61 Å². The van der Waals surface area contributed by atoms with Gasteiger partial charge in [0, 0.05) is 49.1 Å². The predicted molar refractivity (Wildman–Crippen MR) is 133 cm³/mol. The van der Waals surface area contributed by atoms with Crippen molar-refractivity contribution in [3.05, 3.63) is 29.8 Å². The lowest BCUT2D eigenvalue weighted by molar-refractivity contribution is -0.116. The molecule has 5 rings (SSSR count). The van der Waals surface area contributed by atoms with Crippen LogP contribution in [0.5, 0.6) is 0 Å². The van der Waals surface area contributed by atoms with Gasteiger partial charge in [0.25, 0.3) is 0 Å². The summed E-state index contributed by atoms with van der Waals surface area (Å²) in [5.41, 5.74) is 2.54. The highest BCUT2D eigenvalue weighted by atomic mass is 16.6. The zero-order chi connectivity index (χ0) is 23.7. The number of hydrogen-bond acceptors (Lipinski definition) is 4. The molecule has 182 valence electrons. The maximum Gasteiger partial charge on any atom is 0.411 e. The number of rotatable bonds is 3. The number of fused-ring (bicyclic) bond motifs is 4. The van der Waals surface area contributed by atoms with Crippen LogP contribution >= 0.6 is 0 Å². The lowest BCUT2D eigenvalue weighted by Gasteiger charge is -2.47. The third kappa shape index (κ3) is 4.20. The smallest absolute Gasteiger partial charge is 0.411 e. The Bertz CT molecular complexity index is 974. The summed E-state index contributed by atoms with van der Waals surface area (Å²) in [6.45, 7) is 6.90. The van der Waals surface area contributed by atoms with Gasteiger partial charge in [0.1, 0.15) is 0 Å². The maximum atomic E-state index is 12.7.